The van der Waals surface area contributed by atoms with Gasteiger partial charge in [-0.15, -0.1) is 10.2 Å². The number of methoxy groups -OCH3 is 3. The van der Waals surface area contributed by atoms with Crippen molar-refractivity contribution in [2.75, 3.05) is 21.3 Å². The molecule has 1 N–H and O–H groups in total. The fraction of sp³-hybridized carbons (Fsp3) is 0.235. The van der Waals surface area contributed by atoms with E-state index >= 15 is 0 Å². The SMILES string of the molecule is COCc1nnc(-c2ccc(O)cc2OC)n1-c1ccc(OC)nc1. The Bertz CT molecular complexity index is 862. The van der Waals surface area contributed by atoms with Gasteiger partial charge < -0.3 is 19.3 Å². The molecule has 0 aliphatic carbocycles. The minimum absolute atomic E-state index is 0.106. The molecule has 2 aromatic heterocycles. The predicted molar refractivity (Wildman–Crippen MR) is 90.1 cm³/mol. The number of pyridine rings is 1. The highest BCUT2D eigenvalue weighted by Crippen LogP contribution is 2.33. The number of nitrogens with zero attached hydrogens (tertiary/aromatic N) is 4. The third-order valence-corrected chi connectivity index (χ3v) is 3.62. The first-order valence-corrected chi connectivity index (χ1v) is 7.49. The molecule has 0 spiro atoms. The molecule has 0 unspecified atom stereocenters. The van der Waals surface area contributed by atoms with Crippen molar-refractivity contribution in [1.29, 1.82) is 0 Å². The maximum absolute atomic E-state index is 9.68. The lowest BCUT2D eigenvalue weighted by Crippen LogP contribution is -2.05. The summed E-state index contributed by atoms with van der Waals surface area (Å²) in [5.74, 6) is 2.26. The molecule has 0 radical (unpaired) electrons. The van der Waals surface area contributed by atoms with Crippen LogP contribution in [0.4, 0.5) is 0 Å². The molecule has 0 amide bonds. The molecule has 1 aromatic carbocycles. The average molecular weight is 342 g/mol. The topological polar surface area (TPSA) is 91.5 Å². The van der Waals surface area contributed by atoms with E-state index in [9.17, 15) is 5.11 Å². The minimum Gasteiger partial charge on any atom is -0.508 e. The van der Waals surface area contributed by atoms with Crippen molar-refractivity contribution in [2.45, 2.75) is 6.61 Å². The van der Waals surface area contributed by atoms with Crippen LogP contribution in [-0.4, -0.2) is 46.2 Å². The van der Waals surface area contributed by atoms with Gasteiger partial charge in [-0.2, -0.15) is 0 Å². The Hall–Kier alpha value is -3.13. The Morgan fingerprint density at radius 2 is 1.88 bits per heavy atom. The van der Waals surface area contributed by atoms with Crippen LogP contribution >= 0.6 is 0 Å². The van der Waals surface area contributed by atoms with Gasteiger partial charge in [-0.05, 0) is 18.2 Å². The molecule has 0 atom stereocenters. The van der Waals surface area contributed by atoms with E-state index in [-0.39, 0.29) is 12.4 Å². The number of hydrogen-bond acceptors (Lipinski definition) is 7. The second kappa shape index (κ2) is 7.18. The summed E-state index contributed by atoms with van der Waals surface area (Å²) in [7, 11) is 4.68. The number of benzene rings is 1. The van der Waals surface area contributed by atoms with Crippen LogP contribution < -0.4 is 9.47 Å². The fourth-order valence-corrected chi connectivity index (χ4v) is 2.48. The van der Waals surface area contributed by atoms with Crippen LogP contribution in [0.1, 0.15) is 5.82 Å². The Morgan fingerprint density at radius 1 is 1.04 bits per heavy atom. The second-order valence-corrected chi connectivity index (χ2v) is 5.15. The Balaban J connectivity index is 2.17. The number of ether oxygens (including phenoxy) is 3. The van der Waals surface area contributed by atoms with E-state index in [1.165, 1.54) is 13.2 Å². The zero-order valence-electron chi connectivity index (χ0n) is 14.1. The molecule has 2 heterocycles. The van der Waals surface area contributed by atoms with E-state index in [0.717, 1.165) is 5.69 Å². The van der Waals surface area contributed by atoms with Crippen molar-refractivity contribution in [3.05, 3.63) is 42.4 Å². The van der Waals surface area contributed by atoms with E-state index < -0.39 is 0 Å². The molecule has 8 heteroatoms. The van der Waals surface area contributed by atoms with E-state index in [1.54, 1.807) is 38.6 Å². The summed E-state index contributed by atoms with van der Waals surface area (Å²) < 4.78 is 17.5. The third kappa shape index (κ3) is 3.24. The van der Waals surface area contributed by atoms with Crippen molar-refractivity contribution in [3.8, 4) is 34.5 Å². The van der Waals surface area contributed by atoms with Crippen molar-refractivity contribution in [1.82, 2.24) is 19.7 Å². The number of phenolic OH excluding ortho intramolecular Hbond substituents is 1. The van der Waals surface area contributed by atoms with Crippen molar-refractivity contribution in [3.63, 3.8) is 0 Å². The van der Waals surface area contributed by atoms with Gasteiger partial charge >= 0.3 is 0 Å². The Morgan fingerprint density at radius 3 is 2.52 bits per heavy atom. The molecule has 0 bridgehead atoms. The molecule has 0 saturated carbocycles. The predicted octanol–water partition coefficient (Wildman–Crippen LogP) is 2.20. The molecular formula is C17H18N4O4. The van der Waals surface area contributed by atoms with Gasteiger partial charge in [-0.1, -0.05) is 0 Å². The van der Waals surface area contributed by atoms with Gasteiger partial charge in [0.15, 0.2) is 11.6 Å². The number of aromatic nitrogens is 4. The standard InChI is InChI=1S/C17H18N4O4/c1-23-10-15-19-20-17(13-6-5-12(22)8-14(13)24-2)21(15)11-4-7-16(25-3)18-9-11/h4-9,22H,10H2,1-3H3. The van der Waals surface area contributed by atoms with Gasteiger partial charge in [0.25, 0.3) is 0 Å². The highest BCUT2D eigenvalue weighted by Gasteiger charge is 2.19. The average Bonchev–Trinajstić information content (AvgIpc) is 3.05. The molecule has 0 saturated heterocycles. The van der Waals surface area contributed by atoms with Gasteiger partial charge in [0.1, 0.15) is 18.1 Å². The van der Waals surface area contributed by atoms with Crippen molar-refractivity contribution >= 4 is 0 Å². The summed E-state index contributed by atoms with van der Waals surface area (Å²) in [4.78, 5) is 4.24. The van der Waals surface area contributed by atoms with Crippen LogP contribution in [0.15, 0.2) is 36.5 Å². The van der Waals surface area contributed by atoms with Crippen molar-refractivity contribution < 1.29 is 19.3 Å². The lowest BCUT2D eigenvalue weighted by molar-refractivity contribution is 0.176. The molecule has 0 aliphatic heterocycles. The Labute approximate surface area is 144 Å². The highest BCUT2D eigenvalue weighted by molar-refractivity contribution is 5.67. The lowest BCUT2D eigenvalue weighted by Gasteiger charge is -2.12. The van der Waals surface area contributed by atoms with E-state index in [1.807, 2.05) is 10.6 Å². The largest absolute Gasteiger partial charge is 0.508 e. The molecule has 0 aliphatic rings. The number of hydrogen-bond donors (Lipinski definition) is 1. The molecule has 3 aromatic rings. The fourth-order valence-electron chi connectivity index (χ4n) is 2.48. The first-order chi connectivity index (χ1) is 12.2. The minimum atomic E-state index is 0.106. The van der Waals surface area contributed by atoms with Crippen LogP contribution in [0.3, 0.4) is 0 Å². The summed E-state index contributed by atoms with van der Waals surface area (Å²) in [5, 5.41) is 18.2. The van der Waals surface area contributed by atoms with Gasteiger partial charge in [-0.3, -0.25) is 4.57 Å². The van der Waals surface area contributed by atoms with Crippen LogP contribution in [0.25, 0.3) is 17.1 Å². The van der Waals surface area contributed by atoms with Gasteiger partial charge in [0.2, 0.25) is 5.88 Å². The number of rotatable bonds is 6. The Kier molecular flexibility index (Phi) is 4.80. The number of aromatic hydroxyl groups is 1. The quantitative estimate of drug-likeness (QED) is 0.734. The monoisotopic (exact) mass is 342 g/mol. The van der Waals surface area contributed by atoms with Gasteiger partial charge in [0, 0.05) is 19.2 Å². The maximum Gasteiger partial charge on any atom is 0.213 e. The van der Waals surface area contributed by atoms with Gasteiger partial charge in [0.05, 0.1) is 31.7 Å². The molecular weight excluding hydrogens is 324 g/mol. The summed E-state index contributed by atoms with van der Waals surface area (Å²) in [6.07, 6.45) is 1.66. The van der Waals surface area contributed by atoms with Crippen LogP contribution in [-0.2, 0) is 11.3 Å². The number of phenols is 1. The van der Waals surface area contributed by atoms with E-state index in [4.69, 9.17) is 14.2 Å². The zero-order chi connectivity index (χ0) is 17.8. The summed E-state index contributed by atoms with van der Waals surface area (Å²) >= 11 is 0. The molecule has 3 rings (SSSR count). The summed E-state index contributed by atoms with van der Waals surface area (Å²) in [6, 6.07) is 8.42. The maximum atomic E-state index is 9.68. The van der Waals surface area contributed by atoms with E-state index in [2.05, 4.69) is 15.2 Å². The van der Waals surface area contributed by atoms with Gasteiger partial charge in [-0.25, -0.2) is 4.98 Å². The lowest BCUT2D eigenvalue weighted by atomic mass is 10.1. The van der Waals surface area contributed by atoms with E-state index in [0.29, 0.717) is 28.8 Å². The molecule has 8 nitrogen and oxygen atoms in total. The summed E-state index contributed by atoms with van der Waals surface area (Å²) in [5.41, 5.74) is 1.44. The molecule has 130 valence electrons. The van der Waals surface area contributed by atoms with Crippen LogP contribution in [0.5, 0.6) is 17.4 Å². The first kappa shape index (κ1) is 16.7. The highest BCUT2D eigenvalue weighted by atomic mass is 16.5. The van der Waals surface area contributed by atoms with Crippen LogP contribution in [0.2, 0.25) is 0 Å². The third-order valence-electron chi connectivity index (χ3n) is 3.62. The zero-order valence-corrected chi connectivity index (χ0v) is 14.1. The molecule has 25 heavy (non-hydrogen) atoms. The normalized spacial score (nSPS) is 10.7. The smallest absolute Gasteiger partial charge is 0.213 e. The molecule has 0 fully saturated rings. The first-order valence-electron chi connectivity index (χ1n) is 7.49. The van der Waals surface area contributed by atoms with Crippen molar-refractivity contribution in [2.24, 2.45) is 0 Å². The summed E-state index contributed by atoms with van der Waals surface area (Å²) in [6.45, 7) is 0.277. The second-order valence-electron chi connectivity index (χ2n) is 5.15. The van der Waals surface area contributed by atoms with Crippen LogP contribution in [0, 0.1) is 0 Å².